The minimum atomic E-state index is 1.18. The van der Waals surface area contributed by atoms with Gasteiger partial charge in [-0.3, -0.25) is 0 Å². The predicted molar refractivity (Wildman–Crippen MR) is 75.6 cm³/mol. The number of para-hydroxylation sites is 1. The summed E-state index contributed by atoms with van der Waals surface area (Å²) >= 11 is 0. The zero-order chi connectivity index (χ0) is 11.9. The van der Waals surface area contributed by atoms with E-state index in [-0.39, 0.29) is 0 Å². The van der Waals surface area contributed by atoms with Crippen LogP contribution in [-0.2, 0) is 0 Å². The molecule has 2 aromatic carbocycles. The largest absolute Gasteiger partial charge is 0.361 e. The summed E-state index contributed by atoms with van der Waals surface area (Å²) in [5.74, 6) is 0. The highest BCUT2D eigenvalue weighted by atomic mass is 14.7. The van der Waals surface area contributed by atoms with Gasteiger partial charge < -0.3 is 9.97 Å². The van der Waals surface area contributed by atoms with E-state index in [9.17, 15) is 0 Å². The highest BCUT2D eigenvalue weighted by Gasteiger charge is 2.05. The third kappa shape index (κ3) is 1.29. The normalized spacial score (nSPS) is 11.3. The van der Waals surface area contributed by atoms with Crippen LogP contribution in [-0.4, -0.2) is 9.97 Å². The molecule has 2 heterocycles. The maximum Gasteiger partial charge on any atom is 0.0533 e. The molecule has 4 aromatic rings. The number of aromatic amines is 2. The molecule has 0 aliphatic heterocycles. The van der Waals surface area contributed by atoms with Crippen molar-refractivity contribution >= 4 is 21.8 Å². The van der Waals surface area contributed by atoms with Crippen LogP contribution in [0.25, 0.3) is 32.9 Å². The lowest BCUT2D eigenvalue weighted by Crippen LogP contribution is -1.80. The first kappa shape index (κ1) is 9.54. The molecule has 2 aromatic heterocycles. The van der Waals surface area contributed by atoms with Gasteiger partial charge in [0.1, 0.15) is 0 Å². The van der Waals surface area contributed by atoms with Gasteiger partial charge in [0.2, 0.25) is 0 Å². The summed E-state index contributed by atoms with van der Waals surface area (Å²) in [5.41, 5.74) is 4.88. The maximum atomic E-state index is 3.32. The average molecular weight is 232 g/mol. The Morgan fingerprint density at radius 2 is 1.61 bits per heavy atom. The molecule has 2 nitrogen and oxygen atoms in total. The van der Waals surface area contributed by atoms with Crippen LogP contribution in [0, 0.1) is 0 Å². The SMILES string of the molecule is c1cc(-c2ccc3[nH]ccc3c2)c2[nH]ccc2c1. The van der Waals surface area contributed by atoms with Crippen LogP contribution in [0.3, 0.4) is 0 Å². The average Bonchev–Trinajstić information content (AvgIpc) is 3.05. The maximum absolute atomic E-state index is 3.32. The smallest absolute Gasteiger partial charge is 0.0533 e. The molecule has 86 valence electrons. The Morgan fingerprint density at radius 1 is 0.722 bits per heavy atom. The number of H-pyrrole nitrogens is 2. The monoisotopic (exact) mass is 232 g/mol. The number of nitrogens with one attached hydrogen (secondary N) is 2. The molecule has 0 aliphatic carbocycles. The summed E-state index contributed by atoms with van der Waals surface area (Å²) in [5, 5.41) is 2.50. The Hall–Kier alpha value is -2.48. The highest BCUT2D eigenvalue weighted by molar-refractivity contribution is 5.96. The highest BCUT2D eigenvalue weighted by Crippen LogP contribution is 2.29. The second-order valence-corrected chi connectivity index (χ2v) is 4.53. The predicted octanol–water partition coefficient (Wildman–Crippen LogP) is 4.32. The van der Waals surface area contributed by atoms with Crippen LogP contribution in [0.1, 0.15) is 0 Å². The number of hydrogen-bond donors (Lipinski definition) is 2. The third-order valence-corrected chi connectivity index (χ3v) is 3.45. The molecule has 0 bridgehead atoms. The van der Waals surface area contributed by atoms with E-state index in [1.807, 2.05) is 12.4 Å². The van der Waals surface area contributed by atoms with Crippen LogP contribution in [0.4, 0.5) is 0 Å². The summed E-state index contributed by atoms with van der Waals surface area (Å²) in [7, 11) is 0. The van der Waals surface area contributed by atoms with Crippen molar-refractivity contribution < 1.29 is 0 Å². The van der Waals surface area contributed by atoms with Gasteiger partial charge in [-0.15, -0.1) is 0 Å². The molecular formula is C16H12N2. The van der Waals surface area contributed by atoms with Crippen LogP contribution in [0.2, 0.25) is 0 Å². The minimum absolute atomic E-state index is 1.18. The van der Waals surface area contributed by atoms with Crippen molar-refractivity contribution in [1.29, 1.82) is 0 Å². The second-order valence-electron chi connectivity index (χ2n) is 4.53. The molecule has 2 N–H and O–H groups in total. The van der Waals surface area contributed by atoms with Gasteiger partial charge in [-0.1, -0.05) is 24.3 Å². The number of rotatable bonds is 1. The summed E-state index contributed by atoms with van der Waals surface area (Å²) in [6, 6.07) is 17.1. The van der Waals surface area contributed by atoms with Crippen molar-refractivity contribution in [2.75, 3.05) is 0 Å². The lowest BCUT2D eigenvalue weighted by molar-refractivity contribution is 1.47. The molecule has 0 fully saturated rings. The van der Waals surface area contributed by atoms with Crippen molar-refractivity contribution in [3.63, 3.8) is 0 Å². The molecule has 0 atom stereocenters. The van der Waals surface area contributed by atoms with Gasteiger partial charge in [0, 0.05) is 23.5 Å². The molecule has 0 amide bonds. The number of hydrogen-bond acceptors (Lipinski definition) is 0. The fourth-order valence-electron chi connectivity index (χ4n) is 2.55. The molecule has 2 heteroatoms. The summed E-state index contributed by atoms with van der Waals surface area (Å²) in [4.78, 5) is 6.54. The van der Waals surface area contributed by atoms with Gasteiger partial charge in [-0.05, 0) is 40.6 Å². The molecule has 0 saturated heterocycles. The Labute approximate surface area is 104 Å². The first-order chi connectivity index (χ1) is 8.92. The van der Waals surface area contributed by atoms with Gasteiger partial charge >= 0.3 is 0 Å². The zero-order valence-corrected chi connectivity index (χ0v) is 9.77. The Kier molecular flexibility index (Phi) is 1.86. The van der Waals surface area contributed by atoms with E-state index >= 15 is 0 Å². The van der Waals surface area contributed by atoms with E-state index in [0.717, 1.165) is 0 Å². The lowest BCUT2D eigenvalue weighted by atomic mass is 10.0. The summed E-state index contributed by atoms with van der Waals surface area (Å²) in [6.07, 6.45) is 3.96. The fraction of sp³-hybridized carbons (Fsp3) is 0. The van der Waals surface area contributed by atoms with Gasteiger partial charge in [0.25, 0.3) is 0 Å². The van der Waals surface area contributed by atoms with Crippen molar-refractivity contribution in [3.05, 3.63) is 60.9 Å². The third-order valence-electron chi connectivity index (χ3n) is 3.45. The molecule has 0 aliphatic rings. The summed E-state index contributed by atoms with van der Waals surface area (Å²) in [6.45, 7) is 0. The van der Waals surface area contributed by atoms with Crippen molar-refractivity contribution in [2.24, 2.45) is 0 Å². The first-order valence-corrected chi connectivity index (χ1v) is 6.05. The Bertz CT molecular complexity index is 836. The number of aromatic nitrogens is 2. The van der Waals surface area contributed by atoms with Crippen LogP contribution < -0.4 is 0 Å². The Morgan fingerprint density at radius 3 is 2.61 bits per heavy atom. The zero-order valence-electron chi connectivity index (χ0n) is 9.77. The quantitative estimate of drug-likeness (QED) is 0.490. The Balaban J connectivity index is 2.03. The van der Waals surface area contributed by atoms with E-state index < -0.39 is 0 Å². The van der Waals surface area contributed by atoms with E-state index in [1.165, 1.54) is 32.9 Å². The lowest BCUT2D eigenvalue weighted by Gasteiger charge is -2.04. The molecule has 0 saturated carbocycles. The van der Waals surface area contributed by atoms with Crippen LogP contribution >= 0.6 is 0 Å². The summed E-state index contributed by atoms with van der Waals surface area (Å²) < 4.78 is 0. The van der Waals surface area contributed by atoms with Crippen molar-refractivity contribution in [2.45, 2.75) is 0 Å². The van der Waals surface area contributed by atoms with E-state index in [1.54, 1.807) is 0 Å². The molecule has 0 radical (unpaired) electrons. The van der Waals surface area contributed by atoms with Crippen molar-refractivity contribution in [3.8, 4) is 11.1 Å². The molecule has 4 rings (SSSR count). The standard InChI is InChI=1S/C16H12N2/c1-2-11-6-9-18-16(11)14(3-1)12-4-5-15-13(10-12)7-8-17-15/h1-10,17-18H. The molecule has 18 heavy (non-hydrogen) atoms. The van der Waals surface area contributed by atoms with Gasteiger partial charge in [-0.25, -0.2) is 0 Å². The molecule has 0 unspecified atom stereocenters. The van der Waals surface area contributed by atoms with Crippen LogP contribution in [0.5, 0.6) is 0 Å². The van der Waals surface area contributed by atoms with Crippen LogP contribution in [0.15, 0.2) is 60.9 Å². The molecule has 0 spiro atoms. The molecular weight excluding hydrogens is 220 g/mol. The number of benzene rings is 2. The van der Waals surface area contributed by atoms with E-state index in [4.69, 9.17) is 0 Å². The van der Waals surface area contributed by atoms with Gasteiger partial charge in [-0.2, -0.15) is 0 Å². The van der Waals surface area contributed by atoms with Gasteiger partial charge in [0.15, 0.2) is 0 Å². The second kappa shape index (κ2) is 3.50. The number of fused-ring (bicyclic) bond motifs is 2. The van der Waals surface area contributed by atoms with Crippen molar-refractivity contribution in [1.82, 2.24) is 9.97 Å². The van der Waals surface area contributed by atoms with E-state index in [2.05, 4.69) is 58.5 Å². The van der Waals surface area contributed by atoms with Gasteiger partial charge in [0.05, 0.1) is 5.52 Å². The minimum Gasteiger partial charge on any atom is -0.361 e. The topological polar surface area (TPSA) is 31.6 Å². The first-order valence-electron chi connectivity index (χ1n) is 6.05. The fourth-order valence-corrected chi connectivity index (χ4v) is 2.55. The van der Waals surface area contributed by atoms with E-state index in [0.29, 0.717) is 0 Å².